The van der Waals surface area contributed by atoms with Gasteiger partial charge >= 0.3 is 0 Å². The summed E-state index contributed by atoms with van der Waals surface area (Å²) in [6.45, 7) is 4.14. The Hall–Kier alpha value is -2.05. The van der Waals surface area contributed by atoms with Gasteiger partial charge in [-0.3, -0.25) is 9.10 Å². The molecule has 7 heteroatoms. The van der Waals surface area contributed by atoms with Crippen molar-refractivity contribution in [2.45, 2.75) is 26.7 Å². The summed E-state index contributed by atoms with van der Waals surface area (Å²) in [5, 5.41) is 3.33. The minimum Gasteiger partial charge on any atom is -0.326 e. The van der Waals surface area contributed by atoms with Gasteiger partial charge < -0.3 is 5.32 Å². The van der Waals surface area contributed by atoms with E-state index in [1.807, 2.05) is 32.0 Å². The van der Waals surface area contributed by atoms with Crippen molar-refractivity contribution in [2.75, 3.05) is 22.4 Å². The van der Waals surface area contributed by atoms with Gasteiger partial charge in [-0.2, -0.15) is 0 Å². The molecule has 0 heterocycles. The lowest BCUT2D eigenvalue weighted by Gasteiger charge is -2.22. The summed E-state index contributed by atoms with van der Waals surface area (Å²) < 4.78 is 25.4. The van der Waals surface area contributed by atoms with E-state index in [1.54, 1.807) is 24.3 Å². The van der Waals surface area contributed by atoms with Crippen LogP contribution >= 0.6 is 11.6 Å². The number of sulfonamides is 1. The second-order valence-corrected chi connectivity index (χ2v) is 8.63. The summed E-state index contributed by atoms with van der Waals surface area (Å²) in [5.74, 6) is -0.142. The molecule has 5 nitrogen and oxygen atoms in total. The number of nitrogens with one attached hydrogen (secondary N) is 1. The molecule has 0 atom stereocenters. The molecule has 0 aliphatic rings. The van der Waals surface area contributed by atoms with Gasteiger partial charge in [0.1, 0.15) is 0 Å². The van der Waals surface area contributed by atoms with E-state index in [1.165, 1.54) is 4.31 Å². The topological polar surface area (TPSA) is 66.5 Å². The first-order valence-corrected chi connectivity index (χ1v) is 10.5. The third-order valence-corrected chi connectivity index (χ3v) is 5.35. The van der Waals surface area contributed by atoms with Crippen LogP contribution in [0.5, 0.6) is 0 Å². The second-order valence-electron chi connectivity index (χ2n) is 6.29. The van der Waals surface area contributed by atoms with Crippen LogP contribution in [0.4, 0.5) is 11.4 Å². The molecule has 0 aromatic heterocycles. The van der Waals surface area contributed by atoms with E-state index in [4.69, 9.17) is 11.6 Å². The minimum atomic E-state index is -3.46. The first kappa shape index (κ1) is 20.3. The summed E-state index contributed by atoms with van der Waals surface area (Å²) in [6.07, 6.45) is 1.76. The van der Waals surface area contributed by atoms with E-state index in [0.717, 1.165) is 23.1 Å². The summed E-state index contributed by atoms with van der Waals surface area (Å²) in [4.78, 5) is 12.2. The summed E-state index contributed by atoms with van der Waals surface area (Å²) in [5.41, 5.74) is 3.39. The second kappa shape index (κ2) is 8.56. The quantitative estimate of drug-likeness (QED) is 0.767. The van der Waals surface area contributed by atoms with Crippen LogP contribution in [0.1, 0.15) is 24.0 Å². The molecule has 2 aromatic carbocycles. The summed E-state index contributed by atoms with van der Waals surface area (Å²) in [6, 6.07) is 12.5. The van der Waals surface area contributed by atoms with Crippen LogP contribution in [-0.4, -0.2) is 27.1 Å². The maximum absolute atomic E-state index is 12.2. The number of hydrogen-bond acceptors (Lipinski definition) is 3. The number of hydrogen-bond donors (Lipinski definition) is 1. The van der Waals surface area contributed by atoms with E-state index >= 15 is 0 Å². The van der Waals surface area contributed by atoms with Gasteiger partial charge in [0.2, 0.25) is 15.9 Å². The van der Waals surface area contributed by atoms with Crippen molar-refractivity contribution in [3.8, 4) is 0 Å². The monoisotopic (exact) mass is 394 g/mol. The molecule has 1 amide bonds. The number of nitrogens with zero attached hydrogens (tertiary/aromatic N) is 1. The number of halogens is 1. The van der Waals surface area contributed by atoms with Gasteiger partial charge in [-0.1, -0.05) is 35.4 Å². The number of amides is 1. The van der Waals surface area contributed by atoms with Crippen LogP contribution in [0, 0.1) is 13.8 Å². The summed E-state index contributed by atoms with van der Waals surface area (Å²) in [7, 11) is -3.46. The van der Waals surface area contributed by atoms with Crippen LogP contribution in [0.15, 0.2) is 42.5 Å². The van der Waals surface area contributed by atoms with Crippen molar-refractivity contribution >= 4 is 38.9 Å². The maximum atomic E-state index is 12.2. The minimum absolute atomic E-state index is 0.142. The molecular formula is C19H23ClN2O3S. The number of carbonyl (C=O) groups is 1. The first-order valence-electron chi connectivity index (χ1n) is 8.27. The molecule has 26 heavy (non-hydrogen) atoms. The SMILES string of the molecule is Cc1ccc(NC(=O)CCCN(c2cccc(Cl)c2)S(C)(=O)=O)c(C)c1. The van der Waals surface area contributed by atoms with Crippen molar-refractivity contribution in [2.24, 2.45) is 0 Å². The highest BCUT2D eigenvalue weighted by Gasteiger charge is 2.18. The molecule has 0 saturated heterocycles. The number of anilines is 2. The smallest absolute Gasteiger partial charge is 0.232 e. The van der Waals surface area contributed by atoms with Gasteiger partial charge in [0.15, 0.2) is 0 Å². The molecule has 0 radical (unpaired) electrons. The largest absolute Gasteiger partial charge is 0.326 e. The molecule has 1 N–H and O–H groups in total. The molecular weight excluding hydrogens is 372 g/mol. The molecule has 0 saturated carbocycles. The maximum Gasteiger partial charge on any atom is 0.232 e. The zero-order chi connectivity index (χ0) is 19.3. The predicted octanol–water partition coefficient (Wildman–Crippen LogP) is 4.14. The molecule has 0 spiro atoms. The lowest BCUT2D eigenvalue weighted by molar-refractivity contribution is -0.116. The highest BCUT2D eigenvalue weighted by Crippen LogP contribution is 2.22. The lowest BCUT2D eigenvalue weighted by atomic mass is 10.1. The molecule has 140 valence electrons. The van der Waals surface area contributed by atoms with Crippen LogP contribution < -0.4 is 9.62 Å². The fraction of sp³-hybridized carbons (Fsp3) is 0.316. The fourth-order valence-electron chi connectivity index (χ4n) is 2.67. The summed E-state index contributed by atoms with van der Waals surface area (Å²) >= 11 is 5.95. The van der Waals surface area contributed by atoms with Gasteiger partial charge in [0.05, 0.1) is 11.9 Å². The highest BCUT2D eigenvalue weighted by atomic mass is 35.5. The predicted molar refractivity (Wildman–Crippen MR) is 107 cm³/mol. The van der Waals surface area contributed by atoms with Gasteiger partial charge in [0.25, 0.3) is 0 Å². The normalized spacial score (nSPS) is 11.2. The van der Waals surface area contributed by atoms with Crippen molar-refractivity contribution in [3.05, 3.63) is 58.6 Å². The number of rotatable bonds is 7. The molecule has 0 unspecified atom stereocenters. The Balaban J connectivity index is 1.98. The first-order chi connectivity index (χ1) is 12.2. The molecule has 0 fully saturated rings. The van der Waals surface area contributed by atoms with E-state index in [-0.39, 0.29) is 18.9 Å². The third-order valence-electron chi connectivity index (χ3n) is 3.92. The fourth-order valence-corrected chi connectivity index (χ4v) is 3.81. The Morgan fingerprint density at radius 3 is 2.50 bits per heavy atom. The zero-order valence-electron chi connectivity index (χ0n) is 15.1. The van der Waals surface area contributed by atoms with Crippen molar-refractivity contribution in [1.29, 1.82) is 0 Å². The van der Waals surface area contributed by atoms with Gasteiger partial charge in [0, 0.05) is 23.7 Å². The van der Waals surface area contributed by atoms with Gasteiger partial charge in [-0.15, -0.1) is 0 Å². The molecule has 2 rings (SSSR count). The third kappa shape index (κ3) is 5.75. The van der Waals surface area contributed by atoms with Crippen molar-refractivity contribution < 1.29 is 13.2 Å². The van der Waals surface area contributed by atoms with Crippen molar-refractivity contribution in [1.82, 2.24) is 0 Å². The van der Waals surface area contributed by atoms with Crippen LogP contribution in [0.3, 0.4) is 0 Å². The Bertz CT molecular complexity index is 897. The van der Waals surface area contributed by atoms with Gasteiger partial charge in [-0.05, 0) is 50.1 Å². The molecule has 0 bridgehead atoms. The van der Waals surface area contributed by atoms with E-state index in [2.05, 4.69) is 5.32 Å². The lowest BCUT2D eigenvalue weighted by Crippen LogP contribution is -2.31. The van der Waals surface area contributed by atoms with Crippen LogP contribution in [0.2, 0.25) is 5.02 Å². The Morgan fingerprint density at radius 2 is 1.88 bits per heavy atom. The highest BCUT2D eigenvalue weighted by molar-refractivity contribution is 7.92. The molecule has 2 aromatic rings. The molecule has 0 aliphatic heterocycles. The standard InChI is InChI=1S/C19H23ClN2O3S/c1-14-9-10-18(15(2)12-14)21-19(23)8-5-11-22(26(3,24)25)17-7-4-6-16(20)13-17/h4,6-7,9-10,12-13H,5,8,11H2,1-3H3,(H,21,23). The van der Waals surface area contributed by atoms with Gasteiger partial charge in [-0.25, -0.2) is 8.42 Å². The van der Waals surface area contributed by atoms with E-state index in [0.29, 0.717) is 17.1 Å². The van der Waals surface area contributed by atoms with Crippen LogP contribution in [0.25, 0.3) is 0 Å². The number of carbonyl (C=O) groups excluding carboxylic acids is 1. The Labute approximate surface area is 160 Å². The van der Waals surface area contributed by atoms with E-state index in [9.17, 15) is 13.2 Å². The Morgan fingerprint density at radius 1 is 1.15 bits per heavy atom. The van der Waals surface area contributed by atoms with E-state index < -0.39 is 10.0 Å². The number of aryl methyl sites for hydroxylation is 2. The molecule has 0 aliphatic carbocycles. The average molecular weight is 395 g/mol. The Kier molecular flexibility index (Phi) is 6.67. The van der Waals surface area contributed by atoms with Crippen LogP contribution in [-0.2, 0) is 14.8 Å². The zero-order valence-corrected chi connectivity index (χ0v) is 16.7. The average Bonchev–Trinajstić information content (AvgIpc) is 2.53. The van der Waals surface area contributed by atoms with Crippen molar-refractivity contribution in [3.63, 3.8) is 0 Å². The number of benzene rings is 2.